The predicted octanol–water partition coefficient (Wildman–Crippen LogP) is 1.84. The molecule has 0 aliphatic heterocycles. The number of aliphatic hydroxyl groups is 2. The van der Waals surface area contributed by atoms with Crippen LogP contribution in [0.3, 0.4) is 0 Å². The van der Waals surface area contributed by atoms with Crippen molar-refractivity contribution in [3.8, 4) is 11.3 Å². The van der Waals surface area contributed by atoms with E-state index in [2.05, 4.69) is 5.32 Å². The van der Waals surface area contributed by atoms with Gasteiger partial charge in [-0.1, -0.05) is 12.1 Å². The van der Waals surface area contributed by atoms with Crippen LogP contribution >= 0.6 is 0 Å². The third kappa shape index (κ3) is 3.25. The zero-order valence-corrected chi connectivity index (χ0v) is 11.3. The van der Waals surface area contributed by atoms with E-state index >= 15 is 0 Å². The molecule has 2 aromatic rings. The van der Waals surface area contributed by atoms with Gasteiger partial charge in [-0.2, -0.15) is 0 Å². The molecule has 0 spiro atoms. The highest BCUT2D eigenvalue weighted by Gasteiger charge is 2.11. The maximum absolute atomic E-state index is 13.5. The average Bonchev–Trinajstić information content (AvgIpc) is 2.92. The average molecular weight is 279 g/mol. The second-order valence-electron chi connectivity index (χ2n) is 4.62. The van der Waals surface area contributed by atoms with Gasteiger partial charge in [-0.25, -0.2) is 4.39 Å². The molecule has 0 saturated heterocycles. The smallest absolute Gasteiger partial charge is 0.134 e. The fourth-order valence-corrected chi connectivity index (χ4v) is 1.92. The Morgan fingerprint density at radius 3 is 2.65 bits per heavy atom. The van der Waals surface area contributed by atoms with Crippen molar-refractivity contribution in [1.29, 1.82) is 0 Å². The molecule has 5 heteroatoms. The van der Waals surface area contributed by atoms with Crippen LogP contribution in [0, 0.1) is 12.7 Å². The van der Waals surface area contributed by atoms with Gasteiger partial charge in [0.25, 0.3) is 0 Å². The number of furan rings is 1. The molecule has 0 aliphatic carbocycles. The molecule has 0 aliphatic rings. The maximum Gasteiger partial charge on any atom is 0.134 e. The van der Waals surface area contributed by atoms with E-state index in [0.29, 0.717) is 23.6 Å². The molecule has 2 rings (SSSR count). The van der Waals surface area contributed by atoms with E-state index in [1.807, 2.05) is 0 Å². The van der Waals surface area contributed by atoms with E-state index < -0.39 is 0 Å². The van der Waals surface area contributed by atoms with E-state index in [1.54, 1.807) is 31.2 Å². The fourth-order valence-electron chi connectivity index (χ4n) is 1.92. The van der Waals surface area contributed by atoms with Crippen LogP contribution in [0.4, 0.5) is 4.39 Å². The molecule has 4 nitrogen and oxygen atoms in total. The first-order valence-corrected chi connectivity index (χ1v) is 6.45. The molecular formula is C15H18FNO3. The molecule has 0 unspecified atom stereocenters. The summed E-state index contributed by atoms with van der Waals surface area (Å²) in [5, 5.41) is 20.9. The molecule has 0 saturated carbocycles. The largest absolute Gasteiger partial charge is 0.460 e. The van der Waals surface area contributed by atoms with Crippen molar-refractivity contribution >= 4 is 0 Å². The van der Waals surface area contributed by atoms with Gasteiger partial charge < -0.3 is 19.9 Å². The number of rotatable bonds is 6. The summed E-state index contributed by atoms with van der Waals surface area (Å²) in [4.78, 5) is 0. The number of hydrogen-bond acceptors (Lipinski definition) is 4. The minimum absolute atomic E-state index is 0.146. The summed E-state index contributed by atoms with van der Waals surface area (Å²) in [7, 11) is 0. The molecule has 108 valence electrons. The van der Waals surface area contributed by atoms with Crippen molar-refractivity contribution in [3.63, 3.8) is 0 Å². The van der Waals surface area contributed by atoms with E-state index in [1.165, 1.54) is 6.07 Å². The first-order chi connectivity index (χ1) is 9.65. The molecule has 0 fully saturated rings. The molecule has 1 aromatic carbocycles. The minimum Gasteiger partial charge on any atom is -0.460 e. The van der Waals surface area contributed by atoms with E-state index in [-0.39, 0.29) is 25.1 Å². The van der Waals surface area contributed by atoms with Crippen LogP contribution in [-0.2, 0) is 6.54 Å². The number of hydrogen-bond donors (Lipinski definition) is 3. The SMILES string of the molecule is Cc1c(F)cccc1-c1ccc(CNC(CO)CO)o1. The second kappa shape index (κ2) is 6.65. The van der Waals surface area contributed by atoms with Gasteiger partial charge in [0, 0.05) is 5.56 Å². The zero-order valence-electron chi connectivity index (χ0n) is 11.3. The summed E-state index contributed by atoms with van der Waals surface area (Å²) in [5.41, 5.74) is 1.27. The maximum atomic E-state index is 13.5. The van der Waals surface area contributed by atoms with Crippen LogP contribution in [-0.4, -0.2) is 29.5 Å². The van der Waals surface area contributed by atoms with E-state index in [4.69, 9.17) is 14.6 Å². The lowest BCUT2D eigenvalue weighted by molar-refractivity contribution is 0.168. The van der Waals surface area contributed by atoms with Crippen LogP contribution in [0.25, 0.3) is 11.3 Å². The lowest BCUT2D eigenvalue weighted by atomic mass is 10.1. The van der Waals surface area contributed by atoms with Crippen LogP contribution < -0.4 is 5.32 Å². The summed E-state index contributed by atoms with van der Waals surface area (Å²) >= 11 is 0. The van der Waals surface area contributed by atoms with Crippen molar-refractivity contribution < 1.29 is 19.0 Å². The molecular weight excluding hydrogens is 261 g/mol. The quantitative estimate of drug-likeness (QED) is 0.755. The summed E-state index contributed by atoms with van der Waals surface area (Å²) in [5.74, 6) is 0.998. The normalized spacial score (nSPS) is 11.2. The van der Waals surface area contributed by atoms with Crippen molar-refractivity contribution in [3.05, 3.63) is 47.5 Å². The van der Waals surface area contributed by atoms with Gasteiger partial charge in [-0.15, -0.1) is 0 Å². The van der Waals surface area contributed by atoms with Crippen molar-refractivity contribution in [1.82, 2.24) is 5.32 Å². The van der Waals surface area contributed by atoms with Crippen LogP contribution in [0.2, 0.25) is 0 Å². The van der Waals surface area contributed by atoms with Gasteiger partial charge in [0.15, 0.2) is 0 Å². The number of aliphatic hydroxyl groups excluding tert-OH is 2. The first kappa shape index (κ1) is 14.7. The Hall–Kier alpha value is -1.69. The van der Waals surface area contributed by atoms with Crippen LogP contribution in [0.1, 0.15) is 11.3 Å². The molecule has 0 bridgehead atoms. The topological polar surface area (TPSA) is 65.6 Å². The molecule has 1 aromatic heterocycles. The molecule has 0 radical (unpaired) electrons. The zero-order chi connectivity index (χ0) is 14.5. The van der Waals surface area contributed by atoms with Gasteiger partial charge in [0.1, 0.15) is 17.3 Å². The van der Waals surface area contributed by atoms with Gasteiger partial charge in [-0.3, -0.25) is 0 Å². The Labute approximate surface area is 116 Å². The Bertz CT molecular complexity index is 564. The Kier molecular flexibility index (Phi) is 4.89. The van der Waals surface area contributed by atoms with Gasteiger partial charge >= 0.3 is 0 Å². The van der Waals surface area contributed by atoms with Gasteiger partial charge in [0.2, 0.25) is 0 Å². The molecule has 20 heavy (non-hydrogen) atoms. The number of nitrogens with one attached hydrogen (secondary N) is 1. The highest BCUT2D eigenvalue weighted by atomic mass is 19.1. The summed E-state index contributed by atoms with van der Waals surface area (Å²) in [6, 6.07) is 8.06. The predicted molar refractivity (Wildman–Crippen MR) is 73.6 cm³/mol. The fraction of sp³-hybridized carbons (Fsp3) is 0.333. The highest BCUT2D eigenvalue weighted by Crippen LogP contribution is 2.26. The van der Waals surface area contributed by atoms with Gasteiger partial charge in [0.05, 0.1) is 25.8 Å². The molecule has 0 atom stereocenters. The molecule has 0 amide bonds. The second-order valence-corrected chi connectivity index (χ2v) is 4.62. The molecule has 1 heterocycles. The van der Waals surface area contributed by atoms with Crippen molar-refractivity contribution in [2.24, 2.45) is 0 Å². The van der Waals surface area contributed by atoms with E-state index in [0.717, 1.165) is 5.56 Å². The summed E-state index contributed by atoms with van der Waals surface area (Å²) in [6.45, 7) is 1.80. The first-order valence-electron chi connectivity index (χ1n) is 6.45. The standard InChI is InChI=1S/C15H18FNO3/c1-10-13(3-2-4-14(10)16)15-6-5-12(20-15)7-17-11(8-18)9-19/h2-6,11,17-19H,7-9H2,1H3. The van der Waals surface area contributed by atoms with Crippen LogP contribution in [0.5, 0.6) is 0 Å². The van der Waals surface area contributed by atoms with Crippen LogP contribution in [0.15, 0.2) is 34.7 Å². The third-order valence-corrected chi connectivity index (χ3v) is 3.20. The molecule has 3 N–H and O–H groups in total. The van der Waals surface area contributed by atoms with Crippen molar-refractivity contribution in [2.75, 3.05) is 13.2 Å². The third-order valence-electron chi connectivity index (χ3n) is 3.20. The van der Waals surface area contributed by atoms with E-state index in [9.17, 15) is 4.39 Å². The minimum atomic E-state index is -0.376. The van der Waals surface area contributed by atoms with Gasteiger partial charge in [-0.05, 0) is 30.7 Å². The summed E-state index contributed by atoms with van der Waals surface area (Å²) < 4.78 is 19.2. The highest BCUT2D eigenvalue weighted by molar-refractivity contribution is 5.62. The Morgan fingerprint density at radius 2 is 1.95 bits per heavy atom. The van der Waals surface area contributed by atoms with Crippen molar-refractivity contribution in [2.45, 2.75) is 19.5 Å². The summed E-state index contributed by atoms with van der Waals surface area (Å²) in [6.07, 6.45) is 0. The lowest BCUT2D eigenvalue weighted by Crippen LogP contribution is -2.35. The number of halogens is 1. The monoisotopic (exact) mass is 279 g/mol. The Morgan fingerprint density at radius 1 is 1.20 bits per heavy atom. The number of benzene rings is 1. The lowest BCUT2D eigenvalue weighted by Gasteiger charge is -2.11. The Balaban J connectivity index is 2.11.